The fourth-order valence-corrected chi connectivity index (χ4v) is 9.37. The van der Waals surface area contributed by atoms with E-state index in [2.05, 4.69) is 40.9 Å². The molecule has 3 aliphatic rings. The van der Waals surface area contributed by atoms with Crippen molar-refractivity contribution in [2.24, 2.45) is 23.7 Å². The highest BCUT2D eigenvalue weighted by molar-refractivity contribution is 7.91. The average molecular weight is 681 g/mol. The maximum Gasteiger partial charge on any atom is 0.178 e. The smallest absolute Gasteiger partial charge is 0.178 e. The highest BCUT2D eigenvalue weighted by Crippen LogP contribution is 2.41. The first-order valence-corrected chi connectivity index (χ1v) is 19.5. The van der Waals surface area contributed by atoms with Crippen LogP contribution in [0.2, 0.25) is 0 Å². The van der Waals surface area contributed by atoms with Gasteiger partial charge in [0.25, 0.3) is 0 Å². The lowest BCUT2D eigenvalue weighted by Crippen LogP contribution is -2.32. The quantitative estimate of drug-likeness (QED) is 0.127. The molecule has 9 heteroatoms. The Bertz CT molecular complexity index is 1220. The Hall–Kier alpha value is -1.26. The second kappa shape index (κ2) is 17.4. The second-order valence-corrected chi connectivity index (χ2v) is 16.7. The summed E-state index contributed by atoms with van der Waals surface area (Å²) < 4.78 is 50.8. The van der Waals surface area contributed by atoms with Crippen LogP contribution < -0.4 is 0 Å². The minimum absolute atomic E-state index is 0.00409. The van der Waals surface area contributed by atoms with Crippen molar-refractivity contribution in [3.8, 4) is 0 Å². The maximum absolute atomic E-state index is 13.4. The molecular formula is C37H57ClO7S. The number of aliphatic hydroxyl groups is 1. The third-order valence-electron chi connectivity index (χ3n) is 10.5. The predicted octanol–water partition coefficient (Wildman–Crippen LogP) is 7.50. The Balaban J connectivity index is 1.28. The maximum atomic E-state index is 13.4. The molecule has 1 aromatic carbocycles. The molecule has 4 rings (SSSR count). The van der Waals surface area contributed by atoms with E-state index in [4.69, 9.17) is 30.5 Å². The van der Waals surface area contributed by atoms with Gasteiger partial charge >= 0.3 is 0 Å². The Morgan fingerprint density at radius 2 is 1.74 bits per heavy atom. The van der Waals surface area contributed by atoms with Gasteiger partial charge in [-0.3, -0.25) is 0 Å². The lowest BCUT2D eigenvalue weighted by Gasteiger charge is -2.27. The van der Waals surface area contributed by atoms with E-state index in [1.54, 1.807) is 24.3 Å². The lowest BCUT2D eigenvalue weighted by atomic mass is 9.83. The van der Waals surface area contributed by atoms with Crippen molar-refractivity contribution < 1.29 is 32.5 Å². The van der Waals surface area contributed by atoms with Crippen LogP contribution in [0.15, 0.2) is 59.5 Å². The first-order valence-electron chi connectivity index (χ1n) is 17.4. The normalized spacial score (nSPS) is 30.0. The molecule has 46 heavy (non-hydrogen) atoms. The fourth-order valence-electron chi connectivity index (χ4n) is 7.19. The second-order valence-electron chi connectivity index (χ2n) is 14.1. The minimum Gasteiger partial charge on any atom is -0.389 e. The number of rotatable bonds is 18. The molecule has 10 atom stereocenters. The zero-order valence-corrected chi connectivity index (χ0v) is 29.9. The summed E-state index contributed by atoms with van der Waals surface area (Å²) in [7, 11) is -3.51. The van der Waals surface area contributed by atoms with Crippen LogP contribution in [0.1, 0.15) is 85.5 Å². The molecule has 0 aliphatic carbocycles. The van der Waals surface area contributed by atoms with Gasteiger partial charge in [0.05, 0.1) is 54.4 Å². The molecule has 0 spiro atoms. The van der Waals surface area contributed by atoms with Gasteiger partial charge in [-0.05, 0) is 79.6 Å². The molecule has 7 nitrogen and oxygen atoms in total. The Labute approximate surface area is 283 Å². The van der Waals surface area contributed by atoms with Gasteiger partial charge in [0.2, 0.25) is 0 Å². The van der Waals surface area contributed by atoms with Gasteiger partial charge < -0.3 is 24.1 Å². The SMILES string of the molecule is C=C1C[C@H](CCC2OCCO2)O[C@H]1CC[C@H](Cl)C[C@H](C)C(=C)[C@@H](O)C[C@@H]1O[C@H](C[C@H](C)CC)[C@@H](C)[C@H]1CS(=O)(=O)c1ccccc1. The van der Waals surface area contributed by atoms with Crippen molar-refractivity contribution in [2.75, 3.05) is 19.0 Å². The van der Waals surface area contributed by atoms with E-state index < -0.39 is 15.9 Å². The molecular weight excluding hydrogens is 624 g/mol. The third kappa shape index (κ3) is 10.4. The van der Waals surface area contributed by atoms with E-state index in [-0.39, 0.29) is 59.6 Å². The first kappa shape index (κ1) is 37.6. The molecule has 0 amide bonds. The van der Waals surface area contributed by atoms with E-state index in [1.165, 1.54) is 0 Å². The zero-order valence-electron chi connectivity index (χ0n) is 28.3. The van der Waals surface area contributed by atoms with E-state index in [9.17, 15) is 13.5 Å². The van der Waals surface area contributed by atoms with E-state index in [0.29, 0.717) is 36.9 Å². The first-order chi connectivity index (χ1) is 21.9. The number of alkyl halides is 1. The van der Waals surface area contributed by atoms with Crippen LogP contribution >= 0.6 is 11.6 Å². The molecule has 0 unspecified atom stereocenters. The summed E-state index contributed by atoms with van der Waals surface area (Å²) in [4.78, 5) is 0.327. The summed E-state index contributed by atoms with van der Waals surface area (Å²) in [5.41, 5.74) is 1.84. The Morgan fingerprint density at radius 3 is 2.41 bits per heavy atom. The summed E-state index contributed by atoms with van der Waals surface area (Å²) in [6.07, 6.45) is 5.88. The molecule has 0 radical (unpaired) electrons. The third-order valence-corrected chi connectivity index (χ3v) is 12.7. The van der Waals surface area contributed by atoms with Gasteiger partial charge in [0.15, 0.2) is 16.1 Å². The number of ether oxygens (including phenoxy) is 4. The summed E-state index contributed by atoms with van der Waals surface area (Å²) >= 11 is 6.83. The van der Waals surface area contributed by atoms with E-state index >= 15 is 0 Å². The predicted molar refractivity (Wildman–Crippen MR) is 184 cm³/mol. The van der Waals surface area contributed by atoms with Crippen molar-refractivity contribution >= 4 is 21.4 Å². The molecule has 3 fully saturated rings. The van der Waals surface area contributed by atoms with Gasteiger partial charge in [-0.2, -0.15) is 0 Å². The van der Waals surface area contributed by atoms with Gasteiger partial charge in [0, 0.05) is 24.1 Å². The van der Waals surface area contributed by atoms with Gasteiger partial charge in [-0.15, -0.1) is 11.6 Å². The Kier molecular flexibility index (Phi) is 14.2. The topological polar surface area (TPSA) is 91.3 Å². The van der Waals surface area contributed by atoms with Crippen LogP contribution in [-0.4, -0.2) is 74.7 Å². The highest BCUT2D eigenvalue weighted by Gasteiger charge is 2.45. The van der Waals surface area contributed by atoms with Crippen molar-refractivity contribution in [3.05, 3.63) is 54.6 Å². The van der Waals surface area contributed by atoms with Crippen LogP contribution in [-0.2, 0) is 28.8 Å². The van der Waals surface area contributed by atoms with Crippen molar-refractivity contribution in [1.82, 2.24) is 0 Å². The standard InChI is InChI=1S/C37H57ClO7S/c1-7-24(2)19-35-28(6)32(23-46(40,41)31-11-9-8-10-12-31)36(45-35)22-33(39)27(5)25(3)20-29(38)13-15-34-26(4)21-30(44-34)14-16-37-42-17-18-43-37/h8-12,24-25,28-30,32-37,39H,4-5,7,13-23H2,1-3,6H3/t24-,25+,28+,29+,30+,32-,33+,34+,35-,36+/m1/s1. The van der Waals surface area contributed by atoms with Crippen LogP contribution in [0.4, 0.5) is 0 Å². The number of hydrogen-bond acceptors (Lipinski definition) is 7. The van der Waals surface area contributed by atoms with Crippen LogP contribution in [0.5, 0.6) is 0 Å². The summed E-state index contributed by atoms with van der Waals surface area (Å²) in [5, 5.41) is 11.3. The molecule has 0 saturated carbocycles. The molecule has 3 aliphatic heterocycles. The van der Waals surface area contributed by atoms with Crippen molar-refractivity contribution in [3.63, 3.8) is 0 Å². The van der Waals surface area contributed by atoms with Crippen LogP contribution in [0.3, 0.4) is 0 Å². The largest absolute Gasteiger partial charge is 0.389 e. The molecule has 3 heterocycles. The van der Waals surface area contributed by atoms with Gasteiger partial charge in [-0.25, -0.2) is 8.42 Å². The summed E-state index contributed by atoms with van der Waals surface area (Å²) in [6, 6.07) is 8.62. The molecule has 1 N–H and O–H groups in total. The van der Waals surface area contributed by atoms with E-state index in [0.717, 1.165) is 56.1 Å². The van der Waals surface area contributed by atoms with E-state index in [1.807, 2.05) is 6.07 Å². The minimum atomic E-state index is -3.51. The molecule has 1 aromatic rings. The summed E-state index contributed by atoms with van der Waals surface area (Å²) in [5.74, 6) is 0.289. The van der Waals surface area contributed by atoms with Gasteiger partial charge in [0.1, 0.15) is 0 Å². The molecule has 0 bridgehead atoms. The fraction of sp³-hybridized carbons (Fsp3) is 0.730. The van der Waals surface area contributed by atoms with Crippen molar-refractivity contribution in [2.45, 2.75) is 133 Å². The van der Waals surface area contributed by atoms with Crippen LogP contribution in [0.25, 0.3) is 0 Å². The lowest BCUT2D eigenvalue weighted by molar-refractivity contribution is -0.0585. The number of halogens is 1. The zero-order chi connectivity index (χ0) is 33.4. The van der Waals surface area contributed by atoms with Crippen molar-refractivity contribution in [1.29, 1.82) is 0 Å². The number of sulfone groups is 1. The highest BCUT2D eigenvalue weighted by atomic mass is 35.5. The average Bonchev–Trinajstić information content (AvgIpc) is 3.75. The van der Waals surface area contributed by atoms with Gasteiger partial charge in [-0.1, -0.05) is 65.5 Å². The summed E-state index contributed by atoms with van der Waals surface area (Å²) in [6.45, 7) is 18.4. The number of aliphatic hydroxyl groups excluding tert-OH is 1. The Morgan fingerprint density at radius 1 is 1.04 bits per heavy atom. The monoisotopic (exact) mass is 680 g/mol. The number of hydrogen-bond donors (Lipinski definition) is 1. The molecule has 260 valence electrons. The molecule has 0 aromatic heterocycles. The van der Waals surface area contributed by atoms with Crippen LogP contribution in [0, 0.1) is 23.7 Å². The molecule has 3 saturated heterocycles. The number of benzene rings is 1.